The highest BCUT2D eigenvalue weighted by molar-refractivity contribution is 7.91. The highest BCUT2D eigenvalue weighted by Gasteiger charge is 2.27. The Morgan fingerprint density at radius 2 is 2.14 bits per heavy atom. The Kier molecular flexibility index (Phi) is 3.89. The van der Waals surface area contributed by atoms with Crippen molar-refractivity contribution < 1.29 is 13.2 Å². The SMILES string of the molecule is O=C(NC1CCCS(=O)(=O)C1)c1cccc2c1CCCN2. The van der Waals surface area contributed by atoms with E-state index in [1.165, 1.54) is 0 Å². The molecule has 21 heavy (non-hydrogen) atoms. The number of benzene rings is 1. The molecule has 1 fully saturated rings. The van der Waals surface area contributed by atoms with E-state index in [2.05, 4.69) is 10.6 Å². The number of anilines is 1. The van der Waals surface area contributed by atoms with Gasteiger partial charge in [-0.15, -0.1) is 0 Å². The standard InChI is InChI=1S/C15H20N2O3S/c18-15(17-11-4-3-9-21(19,20)10-11)13-5-1-7-14-12(13)6-2-8-16-14/h1,5,7,11,16H,2-4,6,8-10H2,(H,17,18). The van der Waals surface area contributed by atoms with Gasteiger partial charge in [0.2, 0.25) is 0 Å². The van der Waals surface area contributed by atoms with Crippen LogP contribution in [0, 0.1) is 0 Å². The molecule has 1 aromatic carbocycles. The first-order valence-corrected chi connectivity index (χ1v) is 9.24. The highest BCUT2D eigenvalue weighted by atomic mass is 32.2. The molecule has 6 heteroatoms. The molecular formula is C15H20N2O3S. The van der Waals surface area contributed by atoms with Crippen molar-refractivity contribution in [1.82, 2.24) is 5.32 Å². The fourth-order valence-electron chi connectivity index (χ4n) is 3.12. The summed E-state index contributed by atoms with van der Waals surface area (Å²) in [5.74, 6) is 0.147. The molecule has 0 aliphatic carbocycles. The van der Waals surface area contributed by atoms with Crippen molar-refractivity contribution in [1.29, 1.82) is 0 Å². The number of rotatable bonds is 2. The number of hydrogen-bond acceptors (Lipinski definition) is 4. The van der Waals surface area contributed by atoms with Crippen LogP contribution >= 0.6 is 0 Å². The first-order valence-electron chi connectivity index (χ1n) is 7.42. The van der Waals surface area contributed by atoms with Crippen LogP contribution in [0.4, 0.5) is 5.69 Å². The number of nitrogens with one attached hydrogen (secondary N) is 2. The van der Waals surface area contributed by atoms with Crippen molar-refractivity contribution in [3.05, 3.63) is 29.3 Å². The van der Waals surface area contributed by atoms with E-state index >= 15 is 0 Å². The van der Waals surface area contributed by atoms with Gasteiger partial charge in [-0.3, -0.25) is 4.79 Å². The van der Waals surface area contributed by atoms with Crippen LogP contribution in [0.25, 0.3) is 0 Å². The maximum absolute atomic E-state index is 12.5. The third-order valence-corrected chi connectivity index (χ3v) is 5.96. The van der Waals surface area contributed by atoms with E-state index in [0.29, 0.717) is 12.0 Å². The van der Waals surface area contributed by atoms with Gasteiger partial charge in [0.15, 0.2) is 9.84 Å². The molecule has 2 aliphatic heterocycles. The van der Waals surface area contributed by atoms with Crippen molar-refractivity contribution >= 4 is 21.4 Å². The van der Waals surface area contributed by atoms with Crippen LogP contribution in [0.15, 0.2) is 18.2 Å². The summed E-state index contributed by atoms with van der Waals surface area (Å²) in [6, 6.07) is 5.40. The van der Waals surface area contributed by atoms with E-state index in [0.717, 1.165) is 37.1 Å². The molecule has 2 N–H and O–H groups in total. The number of hydrogen-bond donors (Lipinski definition) is 2. The smallest absolute Gasteiger partial charge is 0.251 e. The maximum Gasteiger partial charge on any atom is 0.251 e. The molecule has 0 saturated carbocycles. The van der Waals surface area contributed by atoms with Crippen LogP contribution < -0.4 is 10.6 Å². The molecule has 0 radical (unpaired) electrons. The molecule has 0 bridgehead atoms. The maximum atomic E-state index is 12.5. The molecular weight excluding hydrogens is 288 g/mol. The van der Waals surface area contributed by atoms with Crippen LogP contribution in [0.2, 0.25) is 0 Å². The van der Waals surface area contributed by atoms with Gasteiger partial charge in [0, 0.05) is 23.8 Å². The van der Waals surface area contributed by atoms with Crippen LogP contribution in [-0.2, 0) is 16.3 Å². The van der Waals surface area contributed by atoms with Crippen molar-refractivity contribution in [3.8, 4) is 0 Å². The summed E-state index contributed by atoms with van der Waals surface area (Å²) < 4.78 is 23.3. The number of carbonyl (C=O) groups is 1. The third kappa shape index (κ3) is 3.20. The summed E-state index contributed by atoms with van der Waals surface area (Å²) >= 11 is 0. The molecule has 1 unspecified atom stereocenters. The van der Waals surface area contributed by atoms with Gasteiger partial charge in [-0.2, -0.15) is 0 Å². The van der Waals surface area contributed by atoms with E-state index in [4.69, 9.17) is 0 Å². The Morgan fingerprint density at radius 3 is 2.95 bits per heavy atom. The zero-order valence-corrected chi connectivity index (χ0v) is 12.7. The predicted molar refractivity (Wildman–Crippen MR) is 82.4 cm³/mol. The molecule has 0 aromatic heterocycles. The molecule has 1 atom stereocenters. The molecule has 3 rings (SSSR count). The highest BCUT2D eigenvalue weighted by Crippen LogP contribution is 2.25. The molecule has 114 valence electrons. The van der Waals surface area contributed by atoms with Gasteiger partial charge >= 0.3 is 0 Å². The number of sulfone groups is 1. The summed E-state index contributed by atoms with van der Waals surface area (Å²) in [6.45, 7) is 0.930. The lowest BCUT2D eigenvalue weighted by Gasteiger charge is -2.25. The fourth-order valence-corrected chi connectivity index (χ4v) is 4.76. The molecule has 1 saturated heterocycles. The van der Waals surface area contributed by atoms with Gasteiger partial charge in [-0.25, -0.2) is 8.42 Å². The average Bonchev–Trinajstić information content (AvgIpc) is 2.45. The predicted octanol–water partition coefficient (Wildman–Crippen LogP) is 1.35. The lowest BCUT2D eigenvalue weighted by molar-refractivity contribution is 0.0937. The molecule has 2 heterocycles. The fraction of sp³-hybridized carbons (Fsp3) is 0.533. The van der Waals surface area contributed by atoms with Gasteiger partial charge in [0.25, 0.3) is 5.91 Å². The van der Waals surface area contributed by atoms with Gasteiger partial charge in [-0.05, 0) is 43.4 Å². The summed E-state index contributed by atoms with van der Waals surface area (Å²) in [7, 11) is -3.00. The lowest BCUT2D eigenvalue weighted by Crippen LogP contribution is -2.43. The largest absolute Gasteiger partial charge is 0.385 e. The first-order chi connectivity index (χ1) is 10.1. The summed E-state index contributed by atoms with van der Waals surface area (Å²) in [6.07, 6.45) is 3.25. The Labute approximate surface area is 125 Å². The molecule has 1 amide bonds. The Hall–Kier alpha value is -1.56. The van der Waals surface area contributed by atoms with Gasteiger partial charge in [-0.1, -0.05) is 6.07 Å². The quantitative estimate of drug-likeness (QED) is 0.865. The number of fused-ring (bicyclic) bond motifs is 1. The van der Waals surface area contributed by atoms with Gasteiger partial charge in [0.05, 0.1) is 11.5 Å². The minimum absolute atomic E-state index is 0.0615. The van der Waals surface area contributed by atoms with E-state index in [9.17, 15) is 13.2 Å². The van der Waals surface area contributed by atoms with Crippen LogP contribution in [0.5, 0.6) is 0 Å². The van der Waals surface area contributed by atoms with Crippen LogP contribution in [0.1, 0.15) is 35.2 Å². The topological polar surface area (TPSA) is 75.3 Å². The second kappa shape index (κ2) is 5.67. The second-order valence-corrected chi connectivity index (χ2v) is 8.02. The monoisotopic (exact) mass is 308 g/mol. The minimum Gasteiger partial charge on any atom is -0.385 e. The number of carbonyl (C=O) groups excluding carboxylic acids is 1. The van der Waals surface area contributed by atoms with Gasteiger partial charge in [0.1, 0.15) is 0 Å². The molecule has 1 aromatic rings. The lowest BCUT2D eigenvalue weighted by atomic mass is 9.97. The van der Waals surface area contributed by atoms with E-state index < -0.39 is 9.84 Å². The van der Waals surface area contributed by atoms with E-state index in [1.807, 2.05) is 18.2 Å². The molecule has 2 aliphatic rings. The van der Waals surface area contributed by atoms with Crippen molar-refractivity contribution in [2.45, 2.75) is 31.7 Å². The molecule has 0 spiro atoms. The Bertz CT molecular complexity index is 655. The second-order valence-electron chi connectivity index (χ2n) is 5.79. The van der Waals surface area contributed by atoms with Crippen LogP contribution in [-0.4, -0.2) is 38.4 Å². The minimum atomic E-state index is -3.00. The zero-order chi connectivity index (χ0) is 14.9. The van der Waals surface area contributed by atoms with Crippen molar-refractivity contribution in [2.24, 2.45) is 0 Å². The first kappa shape index (κ1) is 14.4. The third-order valence-electron chi connectivity index (χ3n) is 4.14. The Morgan fingerprint density at radius 1 is 1.29 bits per heavy atom. The van der Waals surface area contributed by atoms with E-state index in [1.54, 1.807) is 0 Å². The number of amides is 1. The summed E-state index contributed by atoms with van der Waals surface area (Å²) in [5, 5.41) is 6.19. The zero-order valence-electron chi connectivity index (χ0n) is 11.9. The Balaban J connectivity index is 1.77. The van der Waals surface area contributed by atoms with Crippen LogP contribution in [0.3, 0.4) is 0 Å². The van der Waals surface area contributed by atoms with Gasteiger partial charge < -0.3 is 10.6 Å². The summed E-state index contributed by atoms with van der Waals surface area (Å²) in [4.78, 5) is 12.5. The normalized spacial score (nSPS) is 23.7. The van der Waals surface area contributed by atoms with E-state index in [-0.39, 0.29) is 23.5 Å². The summed E-state index contributed by atoms with van der Waals surface area (Å²) in [5.41, 5.74) is 2.73. The average molecular weight is 308 g/mol. The molecule has 5 nitrogen and oxygen atoms in total. The van der Waals surface area contributed by atoms with Crippen molar-refractivity contribution in [2.75, 3.05) is 23.4 Å². The van der Waals surface area contributed by atoms with Crippen molar-refractivity contribution in [3.63, 3.8) is 0 Å².